The van der Waals surface area contributed by atoms with Crippen LogP contribution in [0.5, 0.6) is 0 Å². The first kappa shape index (κ1) is 19.7. The van der Waals surface area contributed by atoms with E-state index in [1.807, 2.05) is 13.0 Å². The summed E-state index contributed by atoms with van der Waals surface area (Å²) < 4.78 is 0. The average molecular weight is 315 g/mol. The van der Waals surface area contributed by atoms with E-state index in [9.17, 15) is 4.79 Å². The number of hydrogen-bond donors (Lipinski definition) is 0. The maximum Gasteiger partial charge on any atom is 0.155 e. The van der Waals surface area contributed by atoms with Crippen molar-refractivity contribution in [3.05, 3.63) is 41.0 Å². The number of allylic oxidation sites excluding steroid dienone is 2. The Balaban J connectivity index is 3.21. The van der Waals surface area contributed by atoms with Crippen LogP contribution in [0.15, 0.2) is 24.3 Å². The molecule has 0 amide bonds. The Labute approximate surface area is 143 Å². The molecule has 0 bridgehead atoms. The molecule has 0 atom stereocenters. The molecule has 128 valence electrons. The predicted octanol–water partition coefficient (Wildman–Crippen LogP) is 6.66. The van der Waals surface area contributed by atoms with Gasteiger partial charge in [0.1, 0.15) is 0 Å². The molecule has 0 aromatic heterocycles. The summed E-state index contributed by atoms with van der Waals surface area (Å²) in [5, 5.41) is 0. The molecule has 0 aliphatic carbocycles. The van der Waals surface area contributed by atoms with Crippen molar-refractivity contribution >= 4 is 11.4 Å². The van der Waals surface area contributed by atoms with Gasteiger partial charge in [-0.15, -0.1) is 0 Å². The average Bonchev–Trinajstić information content (AvgIpc) is 2.55. The van der Waals surface area contributed by atoms with Gasteiger partial charge >= 0.3 is 0 Å². The Morgan fingerprint density at radius 1 is 1.00 bits per heavy atom. The number of hydrogen-bond acceptors (Lipinski definition) is 1. The summed E-state index contributed by atoms with van der Waals surface area (Å²) >= 11 is 0. The van der Waals surface area contributed by atoms with Gasteiger partial charge in [0, 0.05) is 6.42 Å². The predicted molar refractivity (Wildman–Crippen MR) is 102 cm³/mol. The summed E-state index contributed by atoms with van der Waals surface area (Å²) in [5.74, 6) is 0.753. The van der Waals surface area contributed by atoms with Crippen molar-refractivity contribution in [3.8, 4) is 0 Å². The minimum atomic E-state index is 0.247. The summed E-state index contributed by atoms with van der Waals surface area (Å²) in [6.07, 6.45) is 9.78. The summed E-state index contributed by atoms with van der Waals surface area (Å²) in [6, 6.07) is 6.64. The molecular formula is C22H34O. The van der Waals surface area contributed by atoms with Gasteiger partial charge < -0.3 is 0 Å². The van der Waals surface area contributed by atoms with Crippen molar-refractivity contribution in [1.29, 1.82) is 0 Å². The van der Waals surface area contributed by atoms with E-state index in [-0.39, 0.29) is 5.78 Å². The summed E-state index contributed by atoms with van der Waals surface area (Å²) in [6.45, 7) is 10.7. The summed E-state index contributed by atoms with van der Waals surface area (Å²) in [4.78, 5) is 12.1. The second kappa shape index (κ2) is 10.4. The smallest absolute Gasteiger partial charge is 0.155 e. The zero-order chi connectivity index (χ0) is 17.2. The van der Waals surface area contributed by atoms with Gasteiger partial charge in [0.15, 0.2) is 5.78 Å². The minimum Gasteiger partial charge on any atom is -0.295 e. The second-order valence-electron chi connectivity index (χ2n) is 6.70. The lowest BCUT2D eigenvalue weighted by Crippen LogP contribution is -2.07. The number of unbranched alkanes of at least 4 members (excludes halogenated alkanes) is 2. The number of benzene rings is 1. The van der Waals surface area contributed by atoms with Crippen molar-refractivity contribution < 1.29 is 4.79 Å². The summed E-state index contributed by atoms with van der Waals surface area (Å²) in [5.41, 5.74) is 5.13. The van der Waals surface area contributed by atoms with Gasteiger partial charge in [-0.2, -0.15) is 0 Å². The van der Waals surface area contributed by atoms with Crippen LogP contribution in [0, 0.1) is 19.8 Å². The first-order valence-corrected chi connectivity index (χ1v) is 9.35. The van der Waals surface area contributed by atoms with Crippen LogP contribution < -0.4 is 0 Å². The largest absolute Gasteiger partial charge is 0.295 e. The van der Waals surface area contributed by atoms with E-state index < -0.39 is 0 Å². The number of carbonyl (C=O) groups excluding carboxylic acids is 1. The number of ketones is 1. The van der Waals surface area contributed by atoms with Crippen LogP contribution in [0.4, 0.5) is 0 Å². The van der Waals surface area contributed by atoms with Crippen LogP contribution in [0.3, 0.4) is 0 Å². The molecule has 0 spiro atoms. The fraction of sp³-hybridized carbons (Fsp3) is 0.591. The van der Waals surface area contributed by atoms with Crippen molar-refractivity contribution in [2.45, 2.75) is 79.6 Å². The number of carbonyl (C=O) groups is 1. The highest BCUT2D eigenvalue weighted by atomic mass is 16.1. The molecule has 1 nitrogen and oxygen atoms in total. The highest BCUT2D eigenvalue weighted by Gasteiger charge is 2.17. The first-order chi connectivity index (χ1) is 11.0. The van der Waals surface area contributed by atoms with E-state index >= 15 is 0 Å². The molecule has 23 heavy (non-hydrogen) atoms. The quantitative estimate of drug-likeness (QED) is 0.441. The molecule has 0 heterocycles. The molecule has 0 fully saturated rings. The normalized spacial score (nSPS) is 12.0. The standard InChI is InChI=1S/C22H34O/c1-6-9-11-19(12-10-7-2)22(16-21(23)8-3)20-14-13-17(4)18(5)15-20/h13-16,19H,6-12H2,1-5H3/b22-16+. The molecule has 1 aromatic carbocycles. The Bertz CT molecular complexity index is 517. The van der Waals surface area contributed by atoms with Crippen LogP contribution in [-0.2, 0) is 4.79 Å². The molecule has 0 saturated heterocycles. The Morgan fingerprint density at radius 2 is 1.61 bits per heavy atom. The molecule has 1 rings (SSSR count). The molecular weight excluding hydrogens is 280 g/mol. The molecule has 0 unspecified atom stereocenters. The van der Waals surface area contributed by atoms with E-state index in [1.165, 1.54) is 60.8 Å². The Morgan fingerprint density at radius 3 is 2.09 bits per heavy atom. The van der Waals surface area contributed by atoms with Gasteiger partial charge in [0.2, 0.25) is 0 Å². The van der Waals surface area contributed by atoms with Crippen molar-refractivity contribution in [2.75, 3.05) is 0 Å². The molecule has 1 heteroatoms. The maximum absolute atomic E-state index is 12.1. The van der Waals surface area contributed by atoms with Gasteiger partial charge in [-0.3, -0.25) is 4.79 Å². The van der Waals surface area contributed by atoms with Gasteiger partial charge in [-0.05, 0) is 60.9 Å². The fourth-order valence-electron chi connectivity index (χ4n) is 2.99. The van der Waals surface area contributed by atoms with Gasteiger partial charge in [-0.25, -0.2) is 0 Å². The highest BCUT2D eigenvalue weighted by molar-refractivity contribution is 5.97. The van der Waals surface area contributed by atoms with E-state index in [0.29, 0.717) is 12.3 Å². The van der Waals surface area contributed by atoms with E-state index in [4.69, 9.17) is 0 Å². The second-order valence-corrected chi connectivity index (χ2v) is 6.70. The van der Waals surface area contributed by atoms with E-state index in [2.05, 4.69) is 45.9 Å². The van der Waals surface area contributed by atoms with Crippen LogP contribution in [0.2, 0.25) is 0 Å². The molecule has 0 aliphatic heterocycles. The molecule has 0 aliphatic rings. The molecule has 0 radical (unpaired) electrons. The fourth-order valence-corrected chi connectivity index (χ4v) is 2.99. The highest BCUT2D eigenvalue weighted by Crippen LogP contribution is 2.33. The third-order valence-corrected chi connectivity index (χ3v) is 4.76. The Kier molecular flexibility index (Phi) is 8.91. The summed E-state index contributed by atoms with van der Waals surface area (Å²) in [7, 11) is 0. The lowest BCUT2D eigenvalue weighted by Gasteiger charge is -2.21. The molecule has 0 N–H and O–H groups in total. The monoisotopic (exact) mass is 314 g/mol. The third-order valence-electron chi connectivity index (χ3n) is 4.76. The SMILES string of the molecule is CCCCC(CCCC)/C(=C\C(=O)CC)c1ccc(C)c(C)c1. The first-order valence-electron chi connectivity index (χ1n) is 9.35. The van der Waals surface area contributed by atoms with Crippen molar-refractivity contribution in [2.24, 2.45) is 5.92 Å². The van der Waals surface area contributed by atoms with Crippen LogP contribution in [0.1, 0.15) is 82.4 Å². The van der Waals surface area contributed by atoms with E-state index in [1.54, 1.807) is 0 Å². The van der Waals surface area contributed by atoms with Gasteiger partial charge in [0.25, 0.3) is 0 Å². The molecule has 0 saturated carbocycles. The molecule has 1 aromatic rings. The van der Waals surface area contributed by atoms with E-state index in [0.717, 1.165) is 0 Å². The minimum absolute atomic E-state index is 0.247. The zero-order valence-corrected chi connectivity index (χ0v) is 15.7. The lowest BCUT2D eigenvalue weighted by atomic mass is 9.83. The topological polar surface area (TPSA) is 17.1 Å². The van der Waals surface area contributed by atoms with Crippen molar-refractivity contribution in [1.82, 2.24) is 0 Å². The van der Waals surface area contributed by atoms with Crippen LogP contribution in [-0.4, -0.2) is 5.78 Å². The zero-order valence-electron chi connectivity index (χ0n) is 15.7. The van der Waals surface area contributed by atoms with Gasteiger partial charge in [-0.1, -0.05) is 64.7 Å². The lowest BCUT2D eigenvalue weighted by molar-refractivity contribution is -0.114. The number of rotatable bonds is 10. The van der Waals surface area contributed by atoms with Crippen LogP contribution >= 0.6 is 0 Å². The number of aryl methyl sites for hydroxylation is 2. The van der Waals surface area contributed by atoms with Gasteiger partial charge in [0.05, 0.1) is 0 Å². The Hall–Kier alpha value is -1.37. The van der Waals surface area contributed by atoms with Crippen LogP contribution in [0.25, 0.3) is 5.57 Å². The third kappa shape index (κ3) is 6.33. The van der Waals surface area contributed by atoms with Crippen molar-refractivity contribution in [3.63, 3.8) is 0 Å². The maximum atomic E-state index is 12.1.